The van der Waals surface area contributed by atoms with Crippen LogP contribution in [0.4, 0.5) is 0 Å². The lowest BCUT2D eigenvalue weighted by Crippen LogP contribution is -2.47. The lowest BCUT2D eigenvalue weighted by atomic mass is 10.3. The Morgan fingerprint density at radius 1 is 1.40 bits per heavy atom. The van der Waals surface area contributed by atoms with Crippen molar-refractivity contribution in [3.05, 3.63) is 0 Å². The molecule has 1 fully saturated rings. The van der Waals surface area contributed by atoms with Gasteiger partial charge in [-0.2, -0.15) is 34.1 Å². The molecule has 3 atom stereocenters. The second-order valence-corrected chi connectivity index (χ2v) is 8.92. The average Bonchev–Trinajstić information content (AvgIpc) is 2.86. The molecule has 0 unspecified atom stereocenters. The number of nitriles is 1. The standard InChI is InChI=1S/C13H25N3O2S2/c1-5-19-13-7-6-12(10-13)16(4)20(17,18)15(3)11(2)8-9-14/h11-13H,5-8,10H2,1-4H3/t11-,12+,13-/m1/s1. The molecule has 116 valence electrons. The van der Waals surface area contributed by atoms with E-state index in [2.05, 4.69) is 6.92 Å². The summed E-state index contributed by atoms with van der Waals surface area (Å²) in [4.78, 5) is 0. The van der Waals surface area contributed by atoms with Crippen LogP contribution in [-0.2, 0) is 10.2 Å². The molecule has 0 saturated heterocycles. The highest BCUT2D eigenvalue weighted by molar-refractivity contribution is 7.99. The average molecular weight is 319 g/mol. The maximum Gasteiger partial charge on any atom is 0.281 e. The molecule has 0 aromatic rings. The van der Waals surface area contributed by atoms with Gasteiger partial charge in [0.25, 0.3) is 10.2 Å². The lowest BCUT2D eigenvalue weighted by molar-refractivity contribution is 0.310. The third-order valence-corrected chi connectivity index (χ3v) is 7.36. The van der Waals surface area contributed by atoms with Crippen LogP contribution >= 0.6 is 11.8 Å². The normalized spacial score (nSPS) is 25.1. The van der Waals surface area contributed by atoms with Gasteiger partial charge in [-0.1, -0.05) is 6.92 Å². The van der Waals surface area contributed by atoms with Gasteiger partial charge in [-0.3, -0.25) is 0 Å². The summed E-state index contributed by atoms with van der Waals surface area (Å²) < 4.78 is 27.9. The van der Waals surface area contributed by atoms with Gasteiger partial charge in [-0.15, -0.1) is 0 Å². The molecule has 20 heavy (non-hydrogen) atoms. The zero-order chi connectivity index (χ0) is 15.3. The molecule has 0 amide bonds. The number of rotatable bonds is 7. The van der Waals surface area contributed by atoms with Gasteiger partial charge in [0.15, 0.2) is 0 Å². The van der Waals surface area contributed by atoms with Crippen molar-refractivity contribution in [1.82, 2.24) is 8.61 Å². The molecule has 1 rings (SSSR count). The van der Waals surface area contributed by atoms with Gasteiger partial charge in [0, 0.05) is 31.4 Å². The van der Waals surface area contributed by atoms with Crippen LogP contribution < -0.4 is 0 Å². The minimum absolute atomic E-state index is 0.0841. The van der Waals surface area contributed by atoms with Crippen LogP contribution in [0.5, 0.6) is 0 Å². The van der Waals surface area contributed by atoms with Gasteiger partial charge in [-0.05, 0) is 31.9 Å². The predicted molar refractivity (Wildman–Crippen MR) is 83.7 cm³/mol. The number of hydrogen-bond donors (Lipinski definition) is 0. The van der Waals surface area contributed by atoms with E-state index in [1.54, 1.807) is 21.0 Å². The Bertz CT molecular complexity index is 447. The molecule has 0 spiro atoms. The van der Waals surface area contributed by atoms with Crippen molar-refractivity contribution in [3.8, 4) is 6.07 Å². The summed E-state index contributed by atoms with van der Waals surface area (Å²) in [6.45, 7) is 3.90. The van der Waals surface area contributed by atoms with Crippen LogP contribution in [0.3, 0.4) is 0 Å². The van der Waals surface area contributed by atoms with Gasteiger partial charge in [0.1, 0.15) is 0 Å². The van der Waals surface area contributed by atoms with Crippen molar-refractivity contribution in [2.24, 2.45) is 0 Å². The van der Waals surface area contributed by atoms with Gasteiger partial charge in [0.05, 0.1) is 12.5 Å². The SMILES string of the molecule is CCS[C@@H]1CC[C@H](N(C)S(=O)(=O)N(C)[C@H](C)CC#N)C1. The fraction of sp³-hybridized carbons (Fsp3) is 0.923. The van der Waals surface area contributed by atoms with Gasteiger partial charge in [-0.25, -0.2) is 0 Å². The maximum absolute atomic E-state index is 12.5. The Morgan fingerprint density at radius 3 is 2.60 bits per heavy atom. The van der Waals surface area contributed by atoms with Crippen LogP contribution in [0.15, 0.2) is 0 Å². The summed E-state index contributed by atoms with van der Waals surface area (Å²) in [7, 11) is -0.258. The van der Waals surface area contributed by atoms with E-state index in [4.69, 9.17) is 5.26 Å². The topological polar surface area (TPSA) is 64.4 Å². The first-order valence-corrected chi connectivity index (χ1v) is 9.48. The number of thioether (sulfide) groups is 1. The molecular formula is C13H25N3O2S2. The van der Waals surface area contributed by atoms with Crippen LogP contribution in [0.25, 0.3) is 0 Å². The van der Waals surface area contributed by atoms with Gasteiger partial charge >= 0.3 is 0 Å². The minimum atomic E-state index is -3.48. The highest BCUT2D eigenvalue weighted by atomic mass is 32.2. The second-order valence-electron chi connectivity index (χ2n) is 5.30. The first kappa shape index (κ1) is 17.8. The van der Waals surface area contributed by atoms with Crippen molar-refractivity contribution in [3.63, 3.8) is 0 Å². The molecule has 0 aromatic heterocycles. The predicted octanol–water partition coefficient (Wildman–Crippen LogP) is 2.07. The summed E-state index contributed by atoms with van der Waals surface area (Å²) in [5, 5.41) is 9.28. The summed E-state index contributed by atoms with van der Waals surface area (Å²) in [5.41, 5.74) is 0. The molecule has 0 N–H and O–H groups in total. The van der Waals surface area contributed by atoms with Crippen molar-refractivity contribution in [1.29, 1.82) is 5.26 Å². The van der Waals surface area contributed by atoms with Crippen molar-refractivity contribution in [2.45, 2.75) is 56.9 Å². The number of hydrogen-bond acceptors (Lipinski definition) is 4. The molecule has 0 aromatic carbocycles. The van der Waals surface area contributed by atoms with E-state index in [9.17, 15) is 8.42 Å². The Kier molecular flexibility index (Phi) is 6.79. The molecule has 5 nitrogen and oxygen atoms in total. The molecule has 0 aliphatic heterocycles. The second kappa shape index (κ2) is 7.64. The third-order valence-electron chi connectivity index (χ3n) is 4.01. The maximum atomic E-state index is 12.5. The molecule has 0 heterocycles. The van der Waals surface area contributed by atoms with E-state index in [-0.39, 0.29) is 18.5 Å². The summed E-state index contributed by atoms with van der Waals surface area (Å²) in [6, 6.07) is 1.81. The Balaban J connectivity index is 2.71. The molecule has 1 saturated carbocycles. The smallest absolute Gasteiger partial charge is 0.198 e. The molecule has 0 bridgehead atoms. The highest BCUT2D eigenvalue weighted by Crippen LogP contribution is 2.33. The summed E-state index contributed by atoms with van der Waals surface area (Å²) >= 11 is 1.92. The van der Waals surface area contributed by atoms with Crippen molar-refractivity contribution in [2.75, 3.05) is 19.8 Å². The van der Waals surface area contributed by atoms with Gasteiger partial charge < -0.3 is 0 Å². The zero-order valence-electron chi connectivity index (χ0n) is 12.7. The molecule has 7 heteroatoms. The van der Waals surface area contributed by atoms with Crippen LogP contribution in [0.2, 0.25) is 0 Å². The first-order valence-electron chi connectivity index (χ1n) is 7.04. The fourth-order valence-corrected chi connectivity index (χ4v) is 5.15. The molecule has 1 aliphatic rings. The number of nitrogens with zero attached hydrogens (tertiary/aromatic N) is 3. The van der Waals surface area contributed by atoms with Crippen molar-refractivity contribution < 1.29 is 8.42 Å². The Morgan fingerprint density at radius 2 is 2.05 bits per heavy atom. The minimum Gasteiger partial charge on any atom is -0.198 e. The molecular weight excluding hydrogens is 294 g/mol. The van der Waals surface area contributed by atoms with Crippen LogP contribution in [0.1, 0.15) is 39.5 Å². The van der Waals surface area contributed by atoms with E-state index >= 15 is 0 Å². The van der Waals surface area contributed by atoms with E-state index in [0.717, 1.165) is 25.0 Å². The third kappa shape index (κ3) is 4.10. The highest BCUT2D eigenvalue weighted by Gasteiger charge is 2.36. The van der Waals surface area contributed by atoms with E-state index in [0.29, 0.717) is 5.25 Å². The lowest BCUT2D eigenvalue weighted by Gasteiger charge is -2.31. The van der Waals surface area contributed by atoms with Crippen LogP contribution in [-0.4, -0.2) is 54.2 Å². The quantitative estimate of drug-likeness (QED) is 0.720. The van der Waals surface area contributed by atoms with E-state index in [1.807, 2.05) is 17.8 Å². The Hall–Kier alpha value is -0.290. The Labute approximate surface area is 127 Å². The van der Waals surface area contributed by atoms with E-state index in [1.165, 1.54) is 8.61 Å². The zero-order valence-corrected chi connectivity index (χ0v) is 14.4. The summed E-state index contributed by atoms with van der Waals surface area (Å²) in [6.07, 6.45) is 3.14. The molecule has 1 aliphatic carbocycles. The van der Waals surface area contributed by atoms with Crippen molar-refractivity contribution >= 4 is 22.0 Å². The monoisotopic (exact) mass is 319 g/mol. The van der Waals surface area contributed by atoms with E-state index < -0.39 is 10.2 Å². The molecule has 0 radical (unpaired) electrons. The van der Waals surface area contributed by atoms with Gasteiger partial charge in [0.2, 0.25) is 0 Å². The first-order chi connectivity index (χ1) is 9.34. The largest absolute Gasteiger partial charge is 0.281 e. The fourth-order valence-electron chi connectivity index (χ4n) is 2.51. The van der Waals surface area contributed by atoms with Crippen LogP contribution in [0, 0.1) is 11.3 Å². The summed E-state index contributed by atoms with van der Waals surface area (Å²) in [5.74, 6) is 1.08.